The van der Waals surface area contributed by atoms with Crippen molar-refractivity contribution in [3.63, 3.8) is 0 Å². The van der Waals surface area contributed by atoms with E-state index in [2.05, 4.69) is 0 Å². The minimum Gasteiger partial charge on any atom is -0.458 e. The van der Waals surface area contributed by atoms with Crippen LogP contribution in [0.1, 0.15) is 6.42 Å². The number of benzene rings is 1. The molecule has 1 aliphatic rings. The Kier molecular flexibility index (Phi) is 2.83. The topological polar surface area (TPSA) is 29.5 Å². The monoisotopic (exact) mass is 206 g/mol. The smallest absolute Gasteiger partial charge is 0.127 e. The molecule has 1 aliphatic carbocycles. The summed E-state index contributed by atoms with van der Waals surface area (Å²) in [5.41, 5.74) is 0. The summed E-state index contributed by atoms with van der Waals surface area (Å²) in [5.74, 6) is 0.974. The van der Waals surface area contributed by atoms with Gasteiger partial charge in [0.15, 0.2) is 0 Å². The highest BCUT2D eigenvalue weighted by Crippen LogP contribution is 2.18. The zero-order valence-electron chi connectivity index (χ0n) is 8.06. The molecule has 0 radical (unpaired) electrons. The normalized spacial score (nSPS) is 19.9. The number of aliphatic hydroxyl groups is 1. The van der Waals surface area contributed by atoms with Crippen LogP contribution < -0.4 is 4.74 Å². The average molecular weight is 206 g/mol. The first kappa shape index (κ1) is 9.93. The molecule has 0 fully saturated rings. The van der Waals surface area contributed by atoms with Crippen molar-refractivity contribution in [2.45, 2.75) is 12.5 Å². The van der Waals surface area contributed by atoms with Crippen molar-refractivity contribution in [3.8, 4) is 5.75 Å². The zero-order chi connectivity index (χ0) is 10.7. The number of ether oxygens (including phenoxy) is 1. The number of hydrogen-bond donors (Lipinski definition) is 1. The van der Waals surface area contributed by atoms with Crippen LogP contribution in [0.5, 0.6) is 5.75 Å². The van der Waals surface area contributed by atoms with Gasteiger partial charge >= 0.3 is 0 Å². The molecule has 1 N–H and O–H groups in total. The summed E-state index contributed by atoms with van der Waals surface area (Å²) in [6, 6.07) is 5.82. The van der Waals surface area contributed by atoms with Crippen LogP contribution >= 0.6 is 0 Å². The molecule has 0 spiro atoms. The van der Waals surface area contributed by atoms with E-state index in [9.17, 15) is 9.50 Å². The fraction of sp³-hybridized carbons (Fsp3) is 0.167. The third kappa shape index (κ3) is 2.67. The Balaban J connectivity index is 2.04. The molecule has 0 aromatic heterocycles. The van der Waals surface area contributed by atoms with Gasteiger partial charge in [0, 0.05) is 0 Å². The van der Waals surface area contributed by atoms with Crippen molar-refractivity contribution in [1.29, 1.82) is 0 Å². The molecule has 0 saturated carbocycles. The summed E-state index contributed by atoms with van der Waals surface area (Å²) < 4.78 is 18.1. The Morgan fingerprint density at radius 2 is 2.00 bits per heavy atom. The highest BCUT2D eigenvalue weighted by molar-refractivity contribution is 5.28. The second-order valence-corrected chi connectivity index (χ2v) is 3.32. The predicted octanol–water partition coefficient (Wildman–Crippen LogP) is 2.41. The van der Waals surface area contributed by atoms with E-state index in [1.807, 2.05) is 0 Å². The number of rotatable bonds is 2. The zero-order valence-corrected chi connectivity index (χ0v) is 8.06. The Morgan fingerprint density at radius 3 is 2.60 bits per heavy atom. The van der Waals surface area contributed by atoms with Crippen LogP contribution in [0.15, 0.2) is 48.3 Å². The van der Waals surface area contributed by atoms with Crippen molar-refractivity contribution in [1.82, 2.24) is 0 Å². The number of hydrogen-bond acceptors (Lipinski definition) is 2. The molecule has 15 heavy (non-hydrogen) atoms. The Bertz CT molecular complexity index is 393. The lowest BCUT2D eigenvalue weighted by Gasteiger charge is -2.12. The van der Waals surface area contributed by atoms with Crippen LogP contribution in [0.3, 0.4) is 0 Å². The van der Waals surface area contributed by atoms with Gasteiger partial charge in [0.05, 0.1) is 6.10 Å². The van der Waals surface area contributed by atoms with Gasteiger partial charge in [-0.3, -0.25) is 0 Å². The summed E-state index contributed by atoms with van der Waals surface area (Å²) in [7, 11) is 0. The van der Waals surface area contributed by atoms with Crippen LogP contribution in [-0.2, 0) is 0 Å². The molecule has 0 saturated heterocycles. The SMILES string of the molecule is OC1C=CC(Oc2ccc(F)cc2)=CC1. The van der Waals surface area contributed by atoms with E-state index < -0.39 is 6.10 Å². The molecule has 0 heterocycles. The minimum atomic E-state index is -0.425. The van der Waals surface area contributed by atoms with Crippen molar-refractivity contribution >= 4 is 0 Å². The molecular formula is C12H11FO2. The first-order valence-electron chi connectivity index (χ1n) is 4.74. The number of halogens is 1. The van der Waals surface area contributed by atoms with Gasteiger partial charge in [0.2, 0.25) is 0 Å². The molecular weight excluding hydrogens is 195 g/mol. The lowest BCUT2D eigenvalue weighted by molar-refractivity contribution is 0.222. The molecule has 1 aromatic carbocycles. The van der Waals surface area contributed by atoms with Crippen LogP contribution in [0.25, 0.3) is 0 Å². The summed E-state index contributed by atoms with van der Waals surface area (Å²) in [6.07, 6.45) is 5.29. The van der Waals surface area contributed by atoms with E-state index in [0.29, 0.717) is 17.9 Å². The minimum absolute atomic E-state index is 0.286. The van der Waals surface area contributed by atoms with E-state index in [4.69, 9.17) is 4.74 Å². The van der Waals surface area contributed by atoms with Crippen molar-refractivity contribution < 1.29 is 14.2 Å². The molecule has 2 rings (SSSR count). The summed E-state index contributed by atoms with van der Waals surface area (Å²) in [4.78, 5) is 0. The Morgan fingerprint density at radius 1 is 1.27 bits per heavy atom. The van der Waals surface area contributed by atoms with Gasteiger partial charge in [-0.05, 0) is 42.8 Å². The fourth-order valence-corrected chi connectivity index (χ4v) is 1.30. The lowest BCUT2D eigenvalue weighted by atomic mass is 10.1. The van der Waals surface area contributed by atoms with Crippen LogP contribution in [0.2, 0.25) is 0 Å². The molecule has 0 amide bonds. The molecule has 0 bridgehead atoms. The van der Waals surface area contributed by atoms with Gasteiger partial charge in [-0.1, -0.05) is 6.08 Å². The van der Waals surface area contributed by atoms with Gasteiger partial charge in [0.25, 0.3) is 0 Å². The predicted molar refractivity (Wildman–Crippen MR) is 54.9 cm³/mol. The molecule has 1 aromatic rings. The lowest BCUT2D eigenvalue weighted by Crippen LogP contribution is -2.06. The van der Waals surface area contributed by atoms with Gasteiger partial charge in [0.1, 0.15) is 17.3 Å². The van der Waals surface area contributed by atoms with E-state index in [-0.39, 0.29) is 5.82 Å². The first-order chi connectivity index (χ1) is 7.24. The second kappa shape index (κ2) is 4.28. The average Bonchev–Trinajstić information content (AvgIpc) is 2.25. The number of allylic oxidation sites excluding steroid dienone is 1. The maximum absolute atomic E-state index is 12.6. The van der Waals surface area contributed by atoms with Crippen LogP contribution in [-0.4, -0.2) is 11.2 Å². The molecule has 2 nitrogen and oxygen atoms in total. The third-order valence-electron chi connectivity index (χ3n) is 2.09. The highest BCUT2D eigenvalue weighted by Gasteiger charge is 2.06. The molecule has 0 aliphatic heterocycles. The fourth-order valence-electron chi connectivity index (χ4n) is 1.30. The van der Waals surface area contributed by atoms with E-state index in [1.165, 1.54) is 12.1 Å². The quantitative estimate of drug-likeness (QED) is 0.805. The van der Waals surface area contributed by atoms with Gasteiger partial charge < -0.3 is 9.84 Å². The van der Waals surface area contributed by atoms with E-state index >= 15 is 0 Å². The van der Waals surface area contributed by atoms with E-state index in [0.717, 1.165) is 0 Å². The van der Waals surface area contributed by atoms with Gasteiger partial charge in [-0.25, -0.2) is 4.39 Å². The Labute approximate surface area is 87.3 Å². The third-order valence-corrected chi connectivity index (χ3v) is 2.09. The van der Waals surface area contributed by atoms with Crippen molar-refractivity contribution in [2.75, 3.05) is 0 Å². The summed E-state index contributed by atoms with van der Waals surface area (Å²) in [6.45, 7) is 0. The number of aliphatic hydroxyl groups excluding tert-OH is 1. The Hall–Kier alpha value is -1.61. The largest absolute Gasteiger partial charge is 0.458 e. The molecule has 3 heteroatoms. The molecule has 1 unspecified atom stereocenters. The molecule has 1 atom stereocenters. The van der Waals surface area contributed by atoms with Gasteiger partial charge in [-0.2, -0.15) is 0 Å². The van der Waals surface area contributed by atoms with Crippen LogP contribution in [0, 0.1) is 5.82 Å². The first-order valence-corrected chi connectivity index (χ1v) is 4.74. The van der Waals surface area contributed by atoms with Gasteiger partial charge in [-0.15, -0.1) is 0 Å². The standard InChI is InChI=1S/C12H11FO2/c13-9-1-5-11(6-2-9)15-12-7-3-10(14)4-8-12/h1-3,5-8,10,14H,4H2. The maximum atomic E-state index is 12.6. The van der Waals surface area contributed by atoms with E-state index in [1.54, 1.807) is 30.4 Å². The summed E-state index contributed by atoms with van der Waals surface area (Å²) >= 11 is 0. The maximum Gasteiger partial charge on any atom is 0.127 e. The summed E-state index contributed by atoms with van der Waals surface area (Å²) in [5, 5.41) is 9.19. The van der Waals surface area contributed by atoms with Crippen molar-refractivity contribution in [3.05, 3.63) is 54.1 Å². The van der Waals surface area contributed by atoms with Crippen LogP contribution in [0.4, 0.5) is 4.39 Å². The highest BCUT2D eigenvalue weighted by atomic mass is 19.1. The van der Waals surface area contributed by atoms with Crippen molar-refractivity contribution in [2.24, 2.45) is 0 Å². The molecule has 78 valence electrons. The second-order valence-electron chi connectivity index (χ2n) is 3.32.